The van der Waals surface area contributed by atoms with Crippen LogP contribution in [-0.4, -0.2) is 47.8 Å². The Morgan fingerprint density at radius 3 is 2.67 bits per heavy atom. The highest BCUT2D eigenvalue weighted by Crippen LogP contribution is 2.43. The summed E-state index contributed by atoms with van der Waals surface area (Å²) in [5.74, 6) is 0. The third-order valence-electron chi connectivity index (χ3n) is 6.36. The van der Waals surface area contributed by atoms with Crippen molar-refractivity contribution in [2.75, 3.05) is 19.6 Å². The molecule has 3 fully saturated rings. The molecule has 3 nitrogen and oxygen atoms in total. The van der Waals surface area contributed by atoms with Crippen LogP contribution in [0.5, 0.6) is 0 Å². The lowest BCUT2D eigenvalue weighted by atomic mass is 9.97. The zero-order chi connectivity index (χ0) is 14.9. The van der Waals surface area contributed by atoms with Crippen LogP contribution < -0.4 is 5.32 Å². The Labute approximate surface area is 130 Å². The lowest BCUT2D eigenvalue weighted by Crippen LogP contribution is -2.51. The van der Waals surface area contributed by atoms with E-state index >= 15 is 0 Å². The Balaban J connectivity index is 1.60. The van der Waals surface area contributed by atoms with Gasteiger partial charge in [0.05, 0.1) is 11.7 Å². The van der Waals surface area contributed by atoms with Gasteiger partial charge in [0.15, 0.2) is 0 Å². The molecular formula is C18H34N2O. The molecule has 3 rings (SSSR count). The van der Waals surface area contributed by atoms with E-state index in [-0.39, 0.29) is 11.1 Å². The zero-order valence-corrected chi connectivity index (χ0v) is 14.3. The number of hydrogen-bond acceptors (Lipinski definition) is 3. The second-order valence-corrected chi connectivity index (χ2v) is 8.08. The molecule has 0 radical (unpaired) electrons. The fourth-order valence-corrected chi connectivity index (χ4v) is 4.58. The summed E-state index contributed by atoms with van der Waals surface area (Å²) in [6.07, 6.45) is 10.9. The SMILES string of the molecule is CCC1(C)CN(CC2CCC3(CCCC3)O2)C(C)CCN1. The van der Waals surface area contributed by atoms with E-state index in [2.05, 4.69) is 31.0 Å². The summed E-state index contributed by atoms with van der Waals surface area (Å²) in [5, 5.41) is 3.76. The second-order valence-electron chi connectivity index (χ2n) is 8.08. The van der Waals surface area contributed by atoms with Gasteiger partial charge in [-0.2, -0.15) is 0 Å². The molecule has 1 spiro atoms. The minimum absolute atomic E-state index is 0.272. The summed E-state index contributed by atoms with van der Waals surface area (Å²) in [6, 6.07) is 0.676. The van der Waals surface area contributed by atoms with Gasteiger partial charge in [-0.1, -0.05) is 19.8 Å². The third-order valence-corrected chi connectivity index (χ3v) is 6.36. The largest absolute Gasteiger partial charge is 0.370 e. The van der Waals surface area contributed by atoms with E-state index in [9.17, 15) is 0 Å². The van der Waals surface area contributed by atoms with Gasteiger partial charge in [-0.3, -0.25) is 4.90 Å². The number of nitrogens with zero attached hydrogens (tertiary/aromatic N) is 1. The molecule has 0 bridgehead atoms. The molecule has 3 aliphatic rings. The molecular weight excluding hydrogens is 260 g/mol. The Morgan fingerprint density at radius 1 is 1.19 bits per heavy atom. The molecule has 2 saturated heterocycles. The van der Waals surface area contributed by atoms with Crippen LogP contribution in [-0.2, 0) is 4.74 Å². The maximum Gasteiger partial charge on any atom is 0.0710 e. The molecule has 1 N–H and O–H groups in total. The number of hydrogen-bond donors (Lipinski definition) is 1. The first kappa shape index (κ1) is 15.8. The molecule has 2 heterocycles. The van der Waals surface area contributed by atoms with E-state index in [4.69, 9.17) is 4.74 Å². The summed E-state index contributed by atoms with van der Waals surface area (Å²) in [5.41, 5.74) is 0.556. The standard InChI is InChI=1S/C18H34N2O/c1-4-17(3)14-20(15(2)8-12-19-17)13-16-7-11-18(21-16)9-5-6-10-18/h15-16,19H,4-14H2,1-3H3. The Bertz CT molecular complexity index is 353. The molecule has 3 unspecified atom stereocenters. The van der Waals surface area contributed by atoms with Gasteiger partial charge in [0.2, 0.25) is 0 Å². The summed E-state index contributed by atoms with van der Waals surface area (Å²) in [6.45, 7) is 10.5. The van der Waals surface area contributed by atoms with Crippen molar-refractivity contribution in [1.82, 2.24) is 10.2 Å². The quantitative estimate of drug-likeness (QED) is 0.864. The van der Waals surface area contributed by atoms with E-state index in [1.165, 1.54) is 51.4 Å². The summed E-state index contributed by atoms with van der Waals surface area (Å²) in [4.78, 5) is 2.70. The molecule has 1 aliphatic carbocycles. The molecule has 122 valence electrons. The number of nitrogens with one attached hydrogen (secondary N) is 1. The molecule has 2 aliphatic heterocycles. The molecule has 0 amide bonds. The fraction of sp³-hybridized carbons (Fsp3) is 1.00. The van der Waals surface area contributed by atoms with Crippen LogP contribution >= 0.6 is 0 Å². The zero-order valence-electron chi connectivity index (χ0n) is 14.3. The molecule has 0 aromatic heterocycles. The minimum Gasteiger partial charge on any atom is -0.370 e. The highest BCUT2D eigenvalue weighted by atomic mass is 16.5. The summed E-state index contributed by atoms with van der Waals surface area (Å²) in [7, 11) is 0. The Morgan fingerprint density at radius 2 is 1.95 bits per heavy atom. The lowest BCUT2D eigenvalue weighted by molar-refractivity contribution is -0.0520. The van der Waals surface area contributed by atoms with Gasteiger partial charge in [0.25, 0.3) is 0 Å². The van der Waals surface area contributed by atoms with Gasteiger partial charge in [0.1, 0.15) is 0 Å². The smallest absolute Gasteiger partial charge is 0.0710 e. The van der Waals surface area contributed by atoms with Crippen LogP contribution in [0.1, 0.15) is 72.1 Å². The number of ether oxygens (including phenoxy) is 1. The van der Waals surface area contributed by atoms with Crippen LogP contribution in [0.3, 0.4) is 0 Å². The van der Waals surface area contributed by atoms with Crippen LogP contribution in [0.25, 0.3) is 0 Å². The lowest BCUT2D eigenvalue weighted by Gasteiger charge is -2.36. The van der Waals surface area contributed by atoms with Gasteiger partial charge < -0.3 is 10.1 Å². The molecule has 21 heavy (non-hydrogen) atoms. The van der Waals surface area contributed by atoms with E-state index in [1.807, 2.05) is 0 Å². The van der Waals surface area contributed by atoms with Crippen molar-refractivity contribution < 1.29 is 4.74 Å². The van der Waals surface area contributed by atoms with Crippen molar-refractivity contribution in [3.63, 3.8) is 0 Å². The topological polar surface area (TPSA) is 24.5 Å². The predicted molar refractivity (Wildman–Crippen MR) is 87.7 cm³/mol. The van der Waals surface area contributed by atoms with Crippen molar-refractivity contribution in [2.24, 2.45) is 0 Å². The average Bonchev–Trinajstić information content (AvgIpc) is 3.05. The van der Waals surface area contributed by atoms with E-state index < -0.39 is 0 Å². The maximum atomic E-state index is 6.54. The van der Waals surface area contributed by atoms with Gasteiger partial charge in [0, 0.05) is 24.7 Å². The van der Waals surface area contributed by atoms with Crippen molar-refractivity contribution in [3.05, 3.63) is 0 Å². The monoisotopic (exact) mass is 294 g/mol. The van der Waals surface area contributed by atoms with Crippen molar-refractivity contribution in [1.29, 1.82) is 0 Å². The van der Waals surface area contributed by atoms with Crippen LogP contribution in [0.4, 0.5) is 0 Å². The first-order valence-electron chi connectivity index (χ1n) is 9.21. The molecule has 3 atom stereocenters. The van der Waals surface area contributed by atoms with Crippen LogP contribution in [0.15, 0.2) is 0 Å². The van der Waals surface area contributed by atoms with Crippen molar-refractivity contribution in [3.8, 4) is 0 Å². The Hall–Kier alpha value is -0.120. The third kappa shape index (κ3) is 3.46. The van der Waals surface area contributed by atoms with Crippen LogP contribution in [0, 0.1) is 0 Å². The van der Waals surface area contributed by atoms with Crippen molar-refractivity contribution >= 4 is 0 Å². The highest BCUT2D eigenvalue weighted by molar-refractivity contribution is 4.96. The summed E-state index contributed by atoms with van der Waals surface area (Å²) >= 11 is 0. The van der Waals surface area contributed by atoms with Crippen LogP contribution in [0.2, 0.25) is 0 Å². The number of rotatable bonds is 3. The van der Waals surface area contributed by atoms with Crippen molar-refractivity contribution in [2.45, 2.75) is 95.4 Å². The normalized spacial score (nSPS) is 40.7. The predicted octanol–water partition coefficient (Wildman–Crippen LogP) is 3.33. The molecule has 0 aromatic rings. The maximum absolute atomic E-state index is 6.54. The second kappa shape index (κ2) is 6.17. The average molecular weight is 294 g/mol. The summed E-state index contributed by atoms with van der Waals surface area (Å²) < 4.78 is 6.54. The van der Waals surface area contributed by atoms with Gasteiger partial charge in [-0.15, -0.1) is 0 Å². The highest BCUT2D eigenvalue weighted by Gasteiger charge is 2.43. The van der Waals surface area contributed by atoms with E-state index in [1.54, 1.807) is 0 Å². The van der Waals surface area contributed by atoms with E-state index in [0.29, 0.717) is 12.1 Å². The van der Waals surface area contributed by atoms with Gasteiger partial charge >= 0.3 is 0 Å². The molecule has 0 aromatic carbocycles. The first-order valence-corrected chi connectivity index (χ1v) is 9.21. The van der Waals surface area contributed by atoms with Gasteiger partial charge in [-0.25, -0.2) is 0 Å². The Kier molecular flexibility index (Phi) is 4.63. The fourth-order valence-electron chi connectivity index (χ4n) is 4.58. The molecule has 3 heteroatoms. The van der Waals surface area contributed by atoms with E-state index in [0.717, 1.165) is 19.6 Å². The van der Waals surface area contributed by atoms with Gasteiger partial charge in [-0.05, 0) is 58.9 Å². The first-order chi connectivity index (χ1) is 10.0. The minimum atomic E-state index is 0.272. The molecule has 1 saturated carbocycles.